The molecule has 0 saturated carbocycles. The fourth-order valence-electron chi connectivity index (χ4n) is 4.27. The lowest BCUT2D eigenvalue weighted by molar-refractivity contribution is 0.0995. The summed E-state index contributed by atoms with van der Waals surface area (Å²) in [5.41, 5.74) is 7.55. The number of rotatable bonds is 4. The van der Waals surface area contributed by atoms with Gasteiger partial charge in [-0.15, -0.1) is 0 Å². The van der Waals surface area contributed by atoms with Crippen LogP contribution in [-0.4, -0.2) is 52.5 Å². The first-order chi connectivity index (χ1) is 12.9. The topological polar surface area (TPSA) is 97.4 Å². The van der Waals surface area contributed by atoms with Gasteiger partial charge in [0.05, 0.1) is 12.4 Å². The molecule has 2 aliphatic rings. The molecule has 8 nitrogen and oxygen atoms in total. The Hall–Kier alpha value is -2.74. The maximum absolute atomic E-state index is 12.9. The standard InChI is InChI=1S/C19H24N6O2/c1-23(2)10-13-3-4-16-14-5-12(9-25(16)19(13)27)8-24(11-14)17-7-21-6-15(22-17)18(20)26/h3-4,6-7,12,14H,5,8-11H2,1-2H3,(H2,20,26)/t12-,14+/m0/s1. The fraction of sp³-hybridized carbons (Fsp3) is 0.474. The van der Waals surface area contributed by atoms with Gasteiger partial charge in [-0.2, -0.15) is 0 Å². The number of pyridine rings is 1. The summed E-state index contributed by atoms with van der Waals surface area (Å²) >= 11 is 0. The molecular weight excluding hydrogens is 344 g/mol. The summed E-state index contributed by atoms with van der Waals surface area (Å²) in [5, 5.41) is 0. The Morgan fingerprint density at radius 2 is 2.07 bits per heavy atom. The lowest BCUT2D eigenvalue weighted by Crippen LogP contribution is -2.48. The monoisotopic (exact) mass is 368 g/mol. The van der Waals surface area contributed by atoms with Gasteiger partial charge in [-0.3, -0.25) is 14.6 Å². The molecule has 0 radical (unpaired) electrons. The van der Waals surface area contributed by atoms with Crippen molar-refractivity contribution < 1.29 is 4.79 Å². The molecule has 0 aromatic carbocycles. The van der Waals surface area contributed by atoms with Gasteiger partial charge < -0.3 is 20.1 Å². The van der Waals surface area contributed by atoms with Crippen LogP contribution in [0.5, 0.6) is 0 Å². The van der Waals surface area contributed by atoms with Gasteiger partial charge in [-0.05, 0) is 32.5 Å². The molecule has 1 fully saturated rings. The van der Waals surface area contributed by atoms with Crippen molar-refractivity contribution in [2.45, 2.75) is 25.4 Å². The Balaban J connectivity index is 1.64. The summed E-state index contributed by atoms with van der Waals surface area (Å²) in [6.45, 7) is 2.90. The molecule has 2 bridgehead atoms. The lowest BCUT2D eigenvalue weighted by atomic mass is 9.83. The van der Waals surface area contributed by atoms with Crippen molar-refractivity contribution in [3.8, 4) is 0 Å². The second kappa shape index (κ2) is 6.77. The normalized spacial score (nSPS) is 21.2. The smallest absolute Gasteiger partial charge is 0.268 e. The minimum Gasteiger partial charge on any atom is -0.364 e. The van der Waals surface area contributed by atoms with Crippen LogP contribution in [0.4, 0.5) is 5.82 Å². The first-order valence-corrected chi connectivity index (χ1v) is 9.16. The van der Waals surface area contributed by atoms with Gasteiger partial charge >= 0.3 is 0 Å². The zero-order chi connectivity index (χ0) is 19.1. The highest BCUT2D eigenvalue weighted by Gasteiger charge is 2.35. The number of carbonyl (C=O) groups excluding carboxylic acids is 1. The number of hydrogen-bond acceptors (Lipinski definition) is 6. The number of aromatic nitrogens is 3. The van der Waals surface area contributed by atoms with Gasteiger partial charge in [0.1, 0.15) is 11.5 Å². The third-order valence-electron chi connectivity index (χ3n) is 5.37. The number of anilines is 1. The van der Waals surface area contributed by atoms with Crippen molar-refractivity contribution >= 4 is 11.7 Å². The average Bonchev–Trinajstić information content (AvgIpc) is 2.64. The highest BCUT2D eigenvalue weighted by molar-refractivity contribution is 5.90. The molecule has 2 aliphatic heterocycles. The highest BCUT2D eigenvalue weighted by Crippen LogP contribution is 2.36. The van der Waals surface area contributed by atoms with E-state index >= 15 is 0 Å². The maximum Gasteiger partial charge on any atom is 0.268 e. The van der Waals surface area contributed by atoms with Crippen molar-refractivity contribution in [1.82, 2.24) is 19.4 Å². The Bertz CT molecular complexity index is 938. The van der Waals surface area contributed by atoms with Crippen LogP contribution in [0.2, 0.25) is 0 Å². The number of amides is 1. The summed E-state index contributed by atoms with van der Waals surface area (Å²) in [4.78, 5) is 36.9. The molecule has 8 heteroatoms. The van der Waals surface area contributed by atoms with E-state index in [4.69, 9.17) is 5.73 Å². The first-order valence-electron chi connectivity index (χ1n) is 9.16. The third kappa shape index (κ3) is 3.32. The molecule has 2 N–H and O–H groups in total. The SMILES string of the molecule is CN(C)Cc1ccc2n(c1=O)C[C@H]1C[C@@H]2CN(c2cncc(C(N)=O)n2)C1. The largest absolute Gasteiger partial charge is 0.364 e. The van der Waals surface area contributed by atoms with E-state index in [1.54, 1.807) is 6.20 Å². The summed E-state index contributed by atoms with van der Waals surface area (Å²) in [5.74, 6) is 0.716. The van der Waals surface area contributed by atoms with Crippen LogP contribution in [0.25, 0.3) is 0 Å². The zero-order valence-electron chi connectivity index (χ0n) is 15.6. The molecule has 4 heterocycles. The molecule has 0 unspecified atom stereocenters. The van der Waals surface area contributed by atoms with E-state index in [1.807, 2.05) is 29.6 Å². The zero-order valence-corrected chi connectivity index (χ0v) is 15.6. The summed E-state index contributed by atoms with van der Waals surface area (Å²) < 4.78 is 1.96. The van der Waals surface area contributed by atoms with Crippen LogP contribution in [0.1, 0.15) is 34.1 Å². The van der Waals surface area contributed by atoms with Gasteiger partial charge in [0.25, 0.3) is 11.5 Å². The molecule has 0 aliphatic carbocycles. The van der Waals surface area contributed by atoms with Crippen molar-refractivity contribution in [3.05, 3.63) is 51.8 Å². The summed E-state index contributed by atoms with van der Waals surface area (Å²) in [6.07, 6.45) is 4.12. The van der Waals surface area contributed by atoms with E-state index in [-0.39, 0.29) is 17.2 Å². The second-order valence-electron chi connectivity index (χ2n) is 7.77. The van der Waals surface area contributed by atoms with Crippen molar-refractivity contribution in [1.29, 1.82) is 0 Å². The Morgan fingerprint density at radius 3 is 2.81 bits per heavy atom. The van der Waals surface area contributed by atoms with Crippen molar-refractivity contribution in [2.75, 3.05) is 32.1 Å². The molecule has 0 spiro atoms. The van der Waals surface area contributed by atoms with E-state index in [1.165, 1.54) is 6.20 Å². The average molecular weight is 368 g/mol. The summed E-state index contributed by atoms with van der Waals surface area (Å²) in [7, 11) is 3.94. The van der Waals surface area contributed by atoms with Gasteiger partial charge in [0.2, 0.25) is 0 Å². The van der Waals surface area contributed by atoms with Gasteiger partial charge in [0.15, 0.2) is 0 Å². The quantitative estimate of drug-likeness (QED) is 0.840. The Kier molecular flexibility index (Phi) is 4.43. The van der Waals surface area contributed by atoms with Crippen LogP contribution >= 0.6 is 0 Å². The number of fused-ring (bicyclic) bond motifs is 4. The van der Waals surface area contributed by atoms with Gasteiger partial charge in [-0.25, -0.2) is 4.98 Å². The molecule has 1 amide bonds. The first kappa shape index (κ1) is 17.7. The van der Waals surface area contributed by atoms with Crippen LogP contribution in [0.15, 0.2) is 29.3 Å². The van der Waals surface area contributed by atoms with Gasteiger partial charge in [-0.1, -0.05) is 6.07 Å². The molecular formula is C19H24N6O2. The highest BCUT2D eigenvalue weighted by atomic mass is 16.1. The van der Waals surface area contributed by atoms with E-state index in [9.17, 15) is 9.59 Å². The van der Waals surface area contributed by atoms with Crippen molar-refractivity contribution in [2.24, 2.45) is 11.7 Å². The molecule has 2 atom stereocenters. The lowest BCUT2D eigenvalue weighted by Gasteiger charge is -2.43. The minimum absolute atomic E-state index is 0.125. The van der Waals surface area contributed by atoms with Crippen LogP contribution in [0, 0.1) is 5.92 Å². The molecule has 4 rings (SSSR count). The van der Waals surface area contributed by atoms with Crippen molar-refractivity contribution in [3.63, 3.8) is 0 Å². The molecule has 2 aromatic rings. The predicted octanol–water partition coefficient (Wildman–Crippen LogP) is 0.423. The molecule has 2 aromatic heterocycles. The van der Waals surface area contributed by atoms with Crippen LogP contribution in [-0.2, 0) is 13.1 Å². The number of primary amides is 1. The maximum atomic E-state index is 12.9. The fourth-order valence-corrected chi connectivity index (χ4v) is 4.27. The summed E-state index contributed by atoms with van der Waals surface area (Å²) in [6, 6.07) is 4.05. The van der Waals surface area contributed by atoms with E-state index in [0.717, 1.165) is 30.8 Å². The number of nitrogens with zero attached hydrogens (tertiary/aromatic N) is 5. The van der Waals surface area contributed by atoms with Gasteiger partial charge in [0, 0.05) is 43.4 Å². The van der Waals surface area contributed by atoms with E-state index < -0.39 is 5.91 Å². The predicted molar refractivity (Wildman–Crippen MR) is 102 cm³/mol. The minimum atomic E-state index is -0.577. The van der Waals surface area contributed by atoms with Crippen LogP contribution < -0.4 is 16.2 Å². The molecule has 1 saturated heterocycles. The Morgan fingerprint density at radius 1 is 1.26 bits per heavy atom. The number of nitrogens with two attached hydrogens (primary N) is 1. The van der Waals surface area contributed by atoms with E-state index in [2.05, 4.69) is 20.9 Å². The number of carbonyl (C=O) groups is 1. The number of piperidine rings is 1. The van der Waals surface area contributed by atoms with Crippen LogP contribution in [0.3, 0.4) is 0 Å². The van der Waals surface area contributed by atoms with E-state index in [0.29, 0.717) is 24.8 Å². The third-order valence-corrected chi connectivity index (χ3v) is 5.37. The number of hydrogen-bond donors (Lipinski definition) is 1. The molecule has 27 heavy (non-hydrogen) atoms. The Labute approximate surface area is 157 Å². The second-order valence-corrected chi connectivity index (χ2v) is 7.77. The molecule has 142 valence electrons.